The molecule has 0 bridgehead atoms. The molecule has 1 heterocycles. The maximum Gasteiger partial charge on any atom is 0.119 e. The van der Waals surface area contributed by atoms with Crippen molar-refractivity contribution in [3.05, 3.63) is 65.2 Å². The maximum atomic E-state index is 10.4. The van der Waals surface area contributed by atoms with Crippen molar-refractivity contribution in [3.8, 4) is 5.75 Å². The van der Waals surface area contributed by atoms with Crippen LogP contribution in [0.2, 0.25) is 0 Å². The number of ether oxygens (including phenoxy) is 1. The van der Waals surface area contributed by atoms with E-state index < -0.39 is 6.10 Å². The zero-order valence-electron chi connectivity index (χ0n) is 16.8. The Morgan fingerprint density at radius 3 is 2.61 bits per heavy atom. The van der Waals surface area contributed by atoms with Crippen LogP contribution in [-0.2, 0) is 19.5 Å². The molecule has 2 aromatic carbocycles. The number of rotatable bonds is 10. The molecule has 0 aromatic heterocycles. The van der Waals surface area contributed by atoms with E-state index >= 15 is 0 Å². The van der Waals surface area contributed by atoms with Gasteiger partial charge in [-0.2, -0.15) is 0 Å². The van der Waals surface area contributed by atoms with E-state index in [1.165, 1.54) is 16.7 Å². The molecule has 0 amide bonds. The highest BCUT2D eigenvalue weighted by Crippen LogP contribution is 2.19. The van der Waals surface area contributed by atoms with E-state index in [1.54, 1.807) is 0 Å². The third-order valence-electron chi connectivity index (χ3n) is 5.19. The molecule has 3 rings (SSSR count). The molecule has 0 saturated heterocycles. The lowest BCUT2D eigenvalue weighted by Gasteiger charge is -2.30. The lowest BCUT2D eigenvalue weighted by Crippen LogP contribution is -2.38. The van der Waals surface area contributed by atoms with Gasteiger partial charge in [-0.15, -0.1) is 0 Å². The summed E-state index contributed by atoms with van der Waals surface area (Å²) in [7, 11) is 2.05. The van der Waals surface area contributed by atoms with E-state index in [2.05, 4.69) is 53.2 Å². The van der Waals surface area contributed by atoms with Gasteiger partial charge in [0.2, 0.25) is 0 Å². The Morgan fingerprint density at radius 1 is 1.11 bits per heavy atom. The Labute approximate surface area is 168 Å². The molecule has 1 atom stereocenters. The van der Waals surface area contributed by atoms with Gasteiger partial charge in [-0.25, -0.2) is 0 Å². The van der Waals surface area contributed by atoms with E-state index in [9.17, 15) is 5.11 Å². The number of fused-ring (bicyclic) bond motifs is 1. The third-order valence-corrected chi connectivity index (χ3v) is 5.19. The largest absolute Gasteiger partial charge is 0.491 e. The van der Waals surface area contributed by atoms with Gasteiger partial charge in [0.25, 0.3) is 0 Å². The summed E-state index contributed by atoms with van der Waals surface area (Å²) in [6.07, 6.45) is 1.32. The highest BCUT2D eigenvalue weighted by Gasteiger charge is 2.18. The van der Waals surface area contributed by atoms with Crippen LogP contribution in [0.4, 0.5) is 0 Å². The van der Waals surface area contributed by atoms with Crippen LogP contribution in [0.25, 0.3) is 0 Å². The average Bonchev–Trinajstić information content (AvgIpc) is 2.71. The zero-order chi connectivity index (χ0) is 19.8. The first-order chi connectivity index (χ1) is 13.6. The van der Waals surface area contributed by atoms with Crippen molar-refractivity contribution in [2.45, 2.75) is 32.0 Å². The zero-order valence-corrected chi connectivity index (χ0v) is 16.8. The van der Waals surface area contributed by atoms with Gasteiger partial charge < -0.3 is 19.8 Å². The average molecular weight is 385 g/mol. The molecule has 0 spiro atoms. The quantitative estimate of drug-likeness (QED) is 0.658. The Bertz CT molecular complexity index is 720. The first-order valence-corrected chi connectivity index (χ1v) is 10.1. The molecule has 0 saturated carbocycles. The molecule has 5 nitrogen and oxygen atoms in total. The first kappa shape index (κ1) is 20.8. The predicted molar refractivity (Wildman–Crippen MR) is 111 cm³/mol. The minimum atomic E-state index is -0.505. The fraction of sp³-hybridized carbons (Fsp3) is 0.478. The minimum Gasteiger partial charge on any atom is -0.491 e. The summed E-state index contributed by atoms with van der Waals surface area (Å²) in [5.74, 6) is 0.782. The Kier molecular flexibility index (Phi) is 7.86. The van der Waals surface area contributed by atoms with Crippen LogP contribution < -0.4 is 4.74 Å². The topological polar surface area (TPSA) is 56.2 Å². The summed E-state index contributed by atoms with van der Waals surface area (Å²) in [6, 6.07) is 16.6. The molecule has 1 aliphatic heterocycles. The van der Waals surface area contributed by atoms with Crippen molar-refractivity contribution in [1.82, 2.24) is 9.80 Å². The molecular formula is C23H32N2O3. The summed E-state index contributed by atoms with van der Waals surface area (Å²) >= 11 is 0. The first-order valence-electron chi connectivity index (χ1n) is 10.1. The summed E-state index contributed by atoms with van der Waals surface area (Å²) in [6.45, 7) is 4.75. The molecule has 1 aliphatic rings. The monoisotopic (exact) mass is 384 g/mol. The summed E-state index contributed by atoms with van der Waals surface area (Å²) < 4.78 is 5.78. The number of hydrogen-bond acceptors (Lipinski definition) is 5. The normalized spacial score (nSPS) is 15.4. The summed E-state index contributed by atoms with van der Waals surface area (Å²) in [5.41, 5.74) is 3.99. The van der Waals surface area contributed by atoms with Crippen molar-refractivity contribution in [3.63, 3.8) is 0 Å². The molecule has 0 aliphatic carbocycles. The van der Waals surface area contributed by atoms with Crippen molar-refractivity contribution in [2.24, 2.45) is 0 Å². The Hall–Kier alpha value is -1.92. The van der Waals surface area contributed by atoms with Crippen LogP contribution in [0, 0.1) is 0 Å². The molecule has 152 valence electrons. The molecule has 0 radical (unpaired) electrons. The molecule has 28 heavy (non-hydrogen) atoms. The molecule has 5 heteroatoms. The molecular weight excluding hydrogens is 352 g/mol. The number of β-amino-alcohol motifs (C(OH)–C–C–N with tert-alkyl or cyclic N) is 1. The summed E-state index contributed by atoms with van der Waals surface area (Å²) in [5, 5.41) is 19.3. The highest BCUT2D eigenvalue weighted by molar-refractivity contribution is 5.29. The van der Waals surface area contributed by atoms with Crippen molar-refractivity contribution >= 4 is 0 Å². The van der Waals surface area contributed by atoms with Crippen LogP contribution in [-0.4, -0.2) is 66.0 Å². The fourth-order valence-corrected chi connectivity index (χ4v) is 3.68. The van der Waals surface area contributed by atoms with E-state index in [0.29, 0.717) is 13.2 Å². The van der Waals surface area contributed by atoms with E-state index in [-0.39, 0.29) is 6.61 Å². The van der Waals surface area contributed by atoms with Gasteiger partial charge in [0.05, 0.1) is 0 Å². The lowest BCUT2D eigenvalue weighted by molar-refractivity contribution is 0.0638. The number of benzene rings is 2. The molecule has 1 unspecified atom stereocenters. The van der Waals surface area contributed by atoms with Gasteiger partial charge in [0.15, 0.2) is 0 Å². The smallest absolute Gasteiger partial charge is 0.119 e. The third kappa shape index (κ3) is 6.31. The molecule has 2 N–H and O–H groups in total. The van der Waals surface area contributed by atoms with Gasteiger partial charge in [0.1, 0.15) is 18.5 Å². The van der Waals surface area contributed by atoms with E-state index in [0.717, 1.165) is 44.8 Å². The van der Waals surface area contributed by atoms with E-state index in [1.807, 2.05) is 12.1 Å². The van der Waals surface area contributed by atoms with Crippen LogP contribution in [0.5, 0.6) is 5.75 Å². The highest BCUT2D eigenvalue weighted by atomic mass is 16.5. The van der Waals surface area contributed by atoms with Gasteiger partial charge in [-0.3, -0.25) is 4.90 Å². The van der Waals surface area contributed by atoms with Crippen LogP contribution >= 0.6 is 0 Å². The lowest BCUT2D eigenvalue weighted by atomic mass is 10.00. The summed E-state index contributed by atoms with van der Waals surface area (Å²) in [4.78, 5) is 4.48. The SMILES string of the molecule is CN(CCCO)Cc1ccc(OCC(O)CN2CCc3ccccc3C2)cc1. The van der Waals surface area contributed by atoms with Crippen LogP contribution in [0.3, 0.4) is 0 Å². The molecule has 2 aromatic rings. The number of aliphatic hydroxyl groups excluding tert-OH is 2. The maximum absolute atomic E-state index is 10.4. The van der Waals surface area contributed by atoms with Crippen molar-refractivity contribution < 1.29 is 14.9 Å². The van der Waals surface area contributed by atoms with Gasteiger partial charge in [0, 0.05) is 39.3 Å². The van der Waals surface area contributed by atoms with Crippen LogP contribution in [0.1, 0.15) is 23.1 Å². The predicted octanol–water partition coefficient (Wildman–Crippen LogP) is 2.30. The number of nitrogens with zero attached hydrogens (tertiary/aromatic N) is 2. The standard InChI is InChI=1S/C23H32N2O3/c1-24(12-4-14-26)15-19-7-9-23(10-8-19)28-18-22(27)17-25-13-11-20-5-2-3-6-21(20)16-25/h2-3,5-10,22,26-27H,4,11-18H2,1H3. The van der Waals surface area contributed by atoms with Gasteiger partial charge in [-0.1, -0.05) is 36.4 Å². The molecule has 0 fully saturated rings. The minimum absolute atomic E-state index is 0.226. The second-order valence-corrected chi connectivity index (χ2v) is 7.68. The van der Waals surface area contributed by atoms with Crippen molar-refractivity contribution in [2.75, 3.05) is 39.9 Å². The van der Waals surface area contributed by atoms with Gasteiger partial charge in [-0.05, 0) is 48.7 Å². The van der Waals surface area contributed by atoms with Gasteiger partial charge >= 0.3 is 0 Å². The second-order valence-electron chi connectivity index (χ2n) is 7.68. The Morgan fingerprint density at radius 2 is 1.86 bits per heavy atom. The van der Waals surface area contributed by atoms with Crippen molar-refractivity contribution in [1.29, 1.82) is 0 Å². The number of hydrogen-bond donors (Lipinski definition) is 2. The van der Waals surface area contributed by atoms with Crippen LogP contribution in [0.15, 0.2) is 48.5 Å². The Balaban J connectivity index is 1.40. The second kappa shape index (κ2) is 10.6. The number of aliphatic hydroxyl groups is 2. The van der Waals surface area contributed by atoms with E-state index in [4.69, 9.17) is 9.84 Å². The fourth-order valence-electron chi connectivity index (χ4n) is 3.68.